The first-order chi connectivity index (χ1) is 12.6. The first-order valence-electron chi connectivity index (χ1n) is 8.08. The maximum absolute atomic E-state index is 5.21. The van der Waals surface area contributed by atoms with Gasteiger partial charge in [-0.3, -0.25) is 0 Å². The minimum atomic E-state index is 0.0564. The van der Waals surface area contributed by atoms with E-state index in [9.17, 15) is 0 Å². The number of thiazole rings is 1. The van der Waals surface area contributed by atoms with Crippen LogP contribution in [0, 0.1) is 6.92 Å². The van der Waals surface area contributed by atoms with Crippen LogP contribution in [0.25, 0.3) is 16.2 Å². The number of tetrazole rings is 1. The SMILES string of the molecule is COc1ccc(-c2nc(C)c(C(C)Nc3ccc4nnnn4n3)s2)cc1. The zero-order valence-corrected chi connectivity index (χ0v) is 15.4. The molecular formula is C17H17N7OS. The van der Waals surface area contributed by atoms with Gasteiger partial charge >= 0.3 is 0 Å². The molecule has 0 aliphatic rings. The monoisotopic (exact) mass is 367 g/mol. The van der Waals surface area contributed by atoms with E-state index >= 15 is 0 Å². The van der Waals surface area contributed by atoms with Crippen molar-refractivity contribution in [3.63, 3.8) is 0 Å². The van der Waals surface area contributed by atoms with Crippen molar-refractivity contribution in [1.82, 2.24) is 30.2 Å². The highest BCUT2D eigenvalue weighted by Gasteiger charge is 2.16. The van der Waals surface area contributed by atoms with Gasteiger partial charge in [-0.15, -0.1) is 26.2 Å². The van der Waals surface area contributed by atoms with E-state index in [1.807, 2.05) is 43.3 Å². The Morgan fingerprint density at radius 3 is 2.73 bits per heavy atom. The number of nitrogens with zero attached hydrogens (tertiary/aromatic N) is 6. The first-order valence-corrected chi connectivity index (χ1v) is 8.89. The van der Waals surface area contributed by atoms with E-state index in [2.05, 4.69) is 32.9 Å². The summed E-state index contributed by atoms with van der Waals surface area (Å²) in [6.45, 7) is 4.11. The number of aryl methyl sites for hydroxylation is 1. The smallest absolute Gasteiger partial charge is 0.200 e. The van der Waals surface area contributed by atoms with Gasteiger partial charge in [-0.05, 0) is 60.7 Å². The highest BCUT2D eigenvalue weighted by Crippen LogP contribution is 2.33. The van der Waals surface area contributed by atoms with Crippen molar-refractivity contribution in [2.24, 2.45) is 0 Å². The van der Waals surface area contributed by atoms with Crippen LogP contribution in [0.3, 0.4) is 0 Å². The van der Waals surface area contributed by atoms with Gasteiger partial charge in [-0.2, -0.15) is 0 Å². The van der Waals surface area contributed by atoms with Gasteiger partial charge in [0.05, 0.1) is 18.8 Å². The molecule has 8 nitrogen and oxygen atoms in total. The van der Waals surface area contributed by atoms with E-state index in [4.69, 9.17) is 9.72 Å². The predicted molar refractivity (Wildman–Crippen MR) is 99.5 cm³/mol. The van der Waals surface area contributed by atoms with E-state index in [1.54, 1.807) is 18.4 Å². The number of fused-ring (bicyclic) bond motifs is 1. The number of aromatic nitrogens is 6. The lowest BCUT2D eigenvalue weighted by molar-refractivity contribution is 0.415. The third-order valence-corrected chi connectivity index (χ3v) is 5.39. The summed E-state index contributed by atoms with van der Waals surface area (Å²) in [6.07, 6.45) is 0. The van der Waals surface area contributed by atoms with E-state index in [0.29, 0.717) is 11.5 Å². The molecule has 132 valence electrons. The van der Waals surface area contributed by atoms with Crippen molar-refractivity contribution in [1.29, 1.82) is 0 Å². The Labute approximate surface area is 153 Å². The van der Waals surface area contributed by atoms with Crippen LogP contribution < -0.4 is 10.1 Å². The molecule has 9 heteroatoms. The molecule has 1 aromatic carbocycles. The molecule has 0 aliphatic carbocycles. The Morgan fingerprint density at radius 1 is 1.15 bits per heavy atom. The Balaban J connectivity index is 1.57. The Morgan fingerprint density at radius 2 is 1.96 bits per heavy atom. The van der Waals surface area contributed by atoms with Crippen molar-refractivity contribution in [3.8, 4) is 16.3 Å². The van der Waals surface area contributed by atoms with Crippen LogP contribution in [0.1, 0.15) is 23.5 Å². The molecule has 0 fully saturated rings. The lowest BCUT2D eigenvalue weighted by Crippen LogP contribution is -2.09. The average Bonchev–Trinajstić information content (AvgIpc) is 3.27. The van der Waals surface area contributed by atoms with E-state index in [-0.39, 0.29) is 6.04 Å². The molecule has 1 atom stereocenters. The quantitative estimate of drug-likeness (QED) is 0.579. The van der Waals surface area contributed by atoms with Gasteiger partial charge in [-0.25, -0.2) is 4.98 Å². The molecule has 0 aliphatic heterocycles. The van der Waals surface area contributed by atoms with Crippen molar-refractivity contribution in [2.75, 3.05) is 12.4 Å². The minimum absolute atomic E-state index is 0.0564. The zero-order valence-electron chi connectivity index (χ0n) is 14.5. The van der Waals surface area contributed by atoms with Crippen LogP contribution in [0.5, 0.6) is 5.75 Å². The molecule has 1 unspecified atom stereocenters. The van der Waals surface area contributed by atoms with Crippen molar-refractivity contribution in [2.45, 2.75) is 19.9 Å². The molecule has 1 N–H and O–H groups in total. The number of ether oxygens (including phenoxy) is 1. The lowest BCUT2D eigenvalue weighted by atomic mass is 10.2. The second-order valence-electron chi connectivity index (χ2n) is 5.81. The predicted octanol–water partition coefficient (Wildman–Crippen LogP) is 3.13. The summed E-state index contributed by atoms with van der Waals surface area (Å²) in [5.74, 6) is 1.54. The fourth-order valence-electron chi connectivity index (χ4n) is 2.68. The molecule has 3 heterocycles. The first kappa shape index (κ1) is 16.4. The second kappa shape index (κ2) is 6.68. The largest absolute Gasteiger partial charge is 0.497 e. The van der Waals surface area contributed by atoms with Gasteiger partial charge in [0, 0.05) is 10.4 Å². The second-order valence-corrected chi connectivity index (χ2v) is 6.84. The summed E-state index contributed by atoms with van der Waals surface area (Å²) in [5.41, 5.74) is 2.69. The molecule has 3 aromatic heterocycles. The van der Waals surface area contributed by atoms with E-state index in [1.165, 1.54) is 4.63 Å². The van der Waals surface area contributed by atoms with Crippen LogP contribution in [0.4, 0.5) is 5.82 Å². The molecular weight excluding hydrogens is 350 g/mol. The lowest BCUT2D eigenvalue weighted by Gasteiger charge is -2.13. The van der Waals surface area contributed by atoms with Crippen molar-refractivity contribution in [3.05, 3.63) is 47.0 Å². The number of anilines is 1. The average molecular weight is 367 g/mol. The highest BCUT2D eigenvalue weighted by atomic mass is 32.1. The number of hydrogen-bond acceptors (Lipinski definition) is 8. The van der Waals surface area contributed by atoms with Crippen LogP contribution in [0.2, 0.25) is 0 Å². The third kappa shape index (κ3) is 3.08. The van der Waals surface area contributed by atoms with Crippen molar-refractivity contribution >= 4 is 22.8 Å². The maximum Gasteiger partial charge on any atom is 0.200 e. The molecule has 0 saturated carbocycles. The molecule has 4 rings (SSSR count). The van der Waals surface area contributed by atoms with Gasteiger partial charge in [0.25, 0.3) is 0 Å². The number of benzene rings is 1. The van der Waals surface area contributed by atoms with Crippen LogP contribution in [0.15, 0.2) is 36.4 Å². The Bertz CT molecular complexity index is 1040. The number of hydrogen-bond donors (Lipinski definition) is 1. The van der Waals surface area contributed by atoms with Gasteiger partial charge in [-0.1, -0.05) is 0 Å². The molecule has 0 saturated heterocycles. The molecule has 26 heavy (non-hydrogen) atoms. The maximum atomic E-state index is 5.21. The Kier molecular flexibility index (Phi) is 4.21. The minimum Gasteiger partial charge on any atom is -0.497 e. The summed E-state index contributed by atoms with van der Waals surface area (Å²) in [5, 5.41) is 20.0. The topological polar surface area (TPSA) is 90.1 Å². The third-order valence-electron chi connectivity index (χ3n) is 4.00. The zero-order chi connectivity index (χ0) is 18.1. The fourth-order valence-corrected chi connectivity index (χ4v) is 3.75. The van der Waals surface area contributed by atoms with Gasteiger partial charge in [0.1, 0.15) is 16.6 Å². The van der Waals surface area contributed by atoms with E-state index in [0.717, 1.165) is 26.9 Å². The van der Waals surface area contributed by atoms with Crippen LogP contribution in [-0.2, 0) is 0 Å². The van der Waals surface area contributed by atoms with Crippen molar-refractivity contribution < 1.29 is 4.74 Å². The summed E-state index contributed by atoms with van der Waals surface area (Å²) >= 11 is 1.67. The van der Waals surface area contributed by atoms with Crippen LogP contribution in [-0.4, -0.2) is 37.3 Å². The highest BCUT2D eigenvalue weighted by molar-refractivity contribution is 7.15. The van der Waals surface area contributed by atoms with E-state index < -0.39 is 0 Å². The normalized spacial score (nSPS) is 12.3. The van der Waals surface area contributed by atoms with Crippen LogP contribution >= 0.6 is 11.3 Å². The van der Waals surface area contributed by atoms with Gasteiger partial charge < -0.3 is 10.1 Å². The molecule has 0 spiro atoms. The number of rotatable bonds is 5. The number of methoxy groups -OCH3 is 1. The molecule has 4 aromatic rings. The molecule has 0 amide bonds. The van der Waals surface area contributed by atoms with Gasteiger partial charge in [0.2, 0.25) is 0 Å². The molecule has 0 radical (unpaired) electrons. The standard InChI is InChI=1S/C17H17N7OS/c1-10(18-14-8-9-15-20-22-23-24(15)21-14)16-11(2)19-17(26-16)12-4-6-13(25-3)7-5-12/h4-10H,1-3H3,(H,18,21). The fraction of sp³-hybridized carbons (Fsp3) is 0.235. The Hall–Kier alpha value is -3.07. The van der Waals surface area contributed by atoms with Gasteiger partial charge in [0.15, 0.2) is 5.65 Å². The summed E-state index contributed by atoms with van der Waals surface area (Å²) in [7, 11) is 1.66. The molecule has 0 bridgehead atoms. The number of nitrogens with one attached hydrogen (secondary N) is 1. The summed E-state index contributed by atoms with van der Waals surface area (Å²) in [6, 6.07) is 11.7. The summed E-state index contributed by atoms with van der Waals surface area (Å²) in [4.78, 5) is 5.88. The summed E-state index contributed by atoms with van der Waals surface area (Å²) < 4.78 is 6.61.